The van der Waals surface area contributed by atoms with E-state index in [0.717, 1.165) is 22.3 Å². The summed E-state index contributed by atoms with van der Waals surface area (Å²) < 4.78 is 39.3. The van der Waals surface area contributed by atoms with Crippen molar-refractivity contribution in [3.8, 4) is 0 Å². The van der Waals surface area contributed by atoms with Crippen LogP contribution in [0.3, 0.4) is 0 Å². The quantitative estimate of drug-likeness (QED) is 0.761. The minimum Gasteiger partial charge on any atom is -0.182 e. The number of rotatable bonds is 4. The predicted octanol–water partition coefficient (Wildman–Crippen LogP) is 1.70. The van der Waals surface area contributed by atoms with Crippen molar-refractivity contribution in [3.63, 3.8) is 0 Å². The lowest BCUT2D eigenvalue weighted by Crippen LogP contribution is -2.60. The molecule has 0 aliphatic carbocycles. The van der Waals surface area contributed by atoms with Gasteiger partial charge in [-0.05, 0) is 36.1 Å². The van der Waals surface area contributed by atoms with E-state index in [-0.39, 0.29) is 0 Å². The van der Waals surface area contributed by atoms with Gasteiger partial charge in [0.2, 0.25) is 0 Å². The minimum absolute atomic E-state index is 0.706. The van der Waals surface area contributed by atoms with Gasteiger partial charge < -0.3 is 0 Å². The fourth-order valence-corrected chi connectivity index (χ4v) is 5.57. The van der Waals surface area contributed by atoms with E-state index >= 15 is 0 Å². The molecule has 0 saturated heterocycles. The Morgan fingerprint density at radius 2 is 1.32 bits per heavy atom. The lowest BCUT2D eigenvalue weighted by Gasteiger charge is -2.23. The van der Waals surface area contributed by atoms with Crippen molar-refractivity contribution in [2.45, 2.75) is 13.8 Å². The van der Waals surface area contributed by atoms with Crippen molar-refractivity contribution < 1.29 is 28.0 Å². The smallest absolute Gasteiger partial charge is 0.148 e. The molecule has 1 atom stereocenters. The van der Waals surface area contributed by atoms with Gasteiger partial charge in [-0.1, -0.05) is 66.7 Å². The van der Waals surface area contributed by atoms with Crippen LogP contribution in [-0.2, 0) is 3.74 Å². The summed E-state index contributed by atoms with van der Waals surface area (Å²) in [6.45, 7) is 3.79. The first-order valence-corrected chi connectivity index (χ1v) is 9.98. The van der Waals surface area contributed by atoms with Gasteiger partial charge in [-0.15, -0.1) is 0 Å². The molecule has 0 fully saturated rings. The topological polar surface area (TPSA) is 78.4 Å². The van der Waals surface area contributed by atoms with Gasteiger partial charge >= 0.3 is 0 Å². The van der Waals surface area contributed by atoms with Gasteiger partial charge in [0.1, 0.15) is 14.5 Å². The number of hydrogen-bond donors (Lipinski definition) is 0. The molecule has 25 heavy (non-hydrogen) atoms. The highest BCUT2D eigenvalue weighted by atomic mass is 35.7. The zero-order chi connectivity index (χ0) is 18.0. The van der Waals surface area contributed by atoms with Gasteiger partial charge in [-0.2, -0.15) is 14.0 Å². The van der Waals surface area contributed by atoms with Crippen LogP contribution < -0.4 is 14.0 Å². The molecule has 1 unspecified atom stereocenters. The molecule has 0 amide bonds. The van der Waals surface area contributed by atoms with Crippen LogP contribution in [0.25, 0.3) is 4.91 Å². The fraction of sp³-hybridized carbons (Fsp3) is 0.105. The van der Waals surface area contributed by atoms with E-state index in [1.807, 2.05) is 80.6 Å². The van der Waals surface area contributed by atoms with Crippen LogP contribution in [0.5, 0.6) is 0 Å². The Morgan fingerprint density at radius 3 is 1.84 bits per heavy atom. The molecule has 6 heteroatoms. The first-order chi connectivity index (χ1) is 11.9. The predicted molar refractivity (Wildman–Crippen MR) is 92.0 cm³/mol. The molecule has 2 aromatic carbocycles. The molecule has 0 aromatic heterocycles. The molecule has 3 rings (SSSR count). The molecule has 0 spiro atoms. The lowest BCUT2D eigenvalue weighted by atomic mass is 10.0. The molecule has 0 radical (unpaired) electrons. The van der Waals surface area contributed by atoms with Crippen LogP contribution in [0, 0.1) is 10.2 Å². The Morgan fingerprint density at radius 1 is 0.800 bits per heavy atom. The number of benzene rings is 2. The molecule has 1 heterocycles. The molecular weight excluding hydrogens is 360 g/mol. The number of allylic oxidation sites excluding steroid dienone is 3. The van der Waals surface area contributed by atoms with Gasteiger partial charge in [0.25, 0.3) is 0 Å². The molecule has 0 N–H and O–H groups in total. The Bertz CT molecular complexity index is 865. The highest BCUT2D eigenvalue weighted by molar-refractivity contribution is 8.20. The first-order valence-electron chi connectivity index (χ1n) is 7.59. The van der Waals surface area contributed by atoms with E-state index < -0.39 is 21.0 Å². The second-order valence-electron chi connectivity index (χ2n) is 5.61. The van der Waals surface area contributed by atoms with Gasteiger partial charge in [0, 0.05) is 0 Å². The third-order valence-electron chi connectivity index (χ3n) is 3.73. The van der Waals surface area contributed by atoms with Gasteiger partial charge in [-0.25, -0.2) is 0 Å². The van der Waals surface area contributed by atoms with Crippen LogP contribution in [0.1, 0.15) is 25.0 Å². The number of halogens is 1. The van der Waals surface area contributed by atoms with Crippen LogP contribution in [0.4, 0.5) is 0 Å². The van der Waals surface area contributed by atoms with Gasteiger partial charge in [0.15, 0.2) is 0 Å². The van der Waals surface area contributed by atoms with Crippen LogP contribution >= 0.6 is 10.8 Å². The van der Waals surface area contributed by atoms with Gasteiger partial charge in [-0.3, -0.25) is 0 Å². The normalized spacial score (nSPS) is 18.4. The molecule has 1 aliphatic rings. The summed E-state index contributed by atoms with van der Waals surface area (Å²) in [6.07, 6.45) is 1.99. The lowest BCUT2D eigenvalue weighted by molar-refractivity contribution is -1.91. The minimum atomic E-state index is -4.57. The summed E-state index contributed by atoms with van der Waals surface area (Å²) in [6, 6.07) is 18.8. The van der Waals surface area contributed by atoms with Crippen LogP contribution in [-0.4, -0.2) is 4.86 Å². The zero-order valence-corrected chi connectivity index (χ0v) is 15.3. The Balaban J connectivity index is 2.29. The molecular formula is C19H17ClO4S. The van der Waals surface area contributed by atoms with E-state index in [4.69, 9.17) is 3.74 Å². The summed E-state index contributed by atoms with van der Waals surface area (Å²) in [7, 11) is -5.91. The SMILES string of the molecule is CC1=CC(C)=C(c2ccccc2)S(O[Cl+3]([O-])([O-])[O-])=C1c1ccccc1. The van der Waals surface area contributed by atoms with Crippen LogP contribution in [0.2, 0.25) is 0 Å². The molecule has 0 saturated carbocycles. The standard InChI is InChI=1S/C19H17ClO4S/c1-14-13-15(2)19(17-11-7-4-8-12-17)25(24-20(21,22)23)18(14)16-9-5-3-6-10-16/h3-13H,1-2H3. The van der Waals surface area contributed by atoms with E-state index in [1.54, 1.807) is 0 Å². The summed E-state index contributed by atoms with van der Waals surface area (Å²) in [5.74, 6) is 0. The maximum Gasteiger partial charge on any atom is 0.148 e. The van der Waals surface area contributed by atoms with E-state index in [2.05, 4.69) is 0 Å². The molecule has 1 aliphatic heterocycles. The Labute approximate surface area is 151 Å². The Kier molecular flexibility index (Phi) is 5.24. The van der Waals surface area contributed by atoms with Crippen molar-refractivity contribution in [2.24, 2.45) is 0 Å². The van der Waals surface area contributed by atoms with E-state index in [0.29, 0.717) is 9.77 Å². The second-order valence-corrected chi connectivity index (χ2v) is 8.22. The highest BCUT2D eigenvalue weighted by Crippen LogP contribution is 2.46. The van der Waals surface area contributed by atoms with Gasteiger partial charge in [0.05, 0.1) is 20.0 Å². The van der Waals surface area contributed by atoms with E-state index in [9.17, 15) is 14.0 Å². The summed E-state index contributed by atoms with van der Waals surface area (Å²) in [5, 5.41) is 0. The first kappa shape index (κ1) is 18.1. The van der Waals surface area contributed by atoms with Crippen LogP contribution in [0.15, 0.2) is 77.9 Å². The summed E-state index contributed by atoms with van der Waals surface area (Å²) >= 11 is 0. The van der Waals surface area contributed by atoms with Crippen molar-refractivity contribution >= 4 is 20.5 Å². The monoisotopic (exact) mass is 376 g/mol. The van der Waals surface area contributed by atoms with Crippen molar-refractivity contribution in [3.05, 3.63) is 89.0 Å². The molecule has 130 valence electrons. The largest absolute Gasteiger partial charge is 0.182 e. The zero-order valence-electron chi connectivity index (χ0n) is 13.8. The second kappa shape index (κ2) is 7.25. The summed E-state index contributed by atoms with van der Waals surface area (Å²) in [5.41, 5.74) is 3.43. The highest BCUT2D eigenvalue weighted by Gasteiger charge is 2.33. The maximum absolute atomic E-state index is 11.4. The molecule has 4 nitrogen and oxygen atoms in total. The van der Waals surface area contributed by atoms with Crippen molar-refractivity contribution in [2.75, 3.05) is 0 Å². The fourth-order valence-electron chi connectivity index (χ4n) is 2.84. The molecule has 0 bridgehead atoms. The number of hydrogen-bond acceptors (Lipinski definition) is 4. The third-order valence-corrected chi connectivity index (χ3v) is 6.71. The average Bonchev–Trinajstić information content (AvgIpc) is 2.55. The Hall–Kier alpha value is -1.73. The van der Waals surface area contributed by atoms with E-state index in [1.165, 1.54) is 0 Å². The molecule has 2 aromatic rings. The van der Waals surface area contributed by atoms with Crippen molar-refractivity contribution in [1.29, 1.82) is 0 Å². The van der Waals surface area contributed by atoms with Crippen molar-refractivity contribution in [1.82, 2.24) is 0 Å². The third kappa shape index (κ3) is 4.10. The maximum atomic E-state index is 11.4. The average molecular weight is 377 g/mol. The summed E-state index contributed by atoms with van der Waals surface area (Å²) in [4.78, 5) is 1.41.